The van der Waals surface area contributed by atoms with Crippen LogP contribution >= 0.6 is 22.7 Å². The van der Waals surface area contributed by atoms with Gasteiger partial charge in [0.25, 0.3) is 0 Å². The lowest BCUT2D eigenvalue weighted by Crippen LogP contribution is -2.03. The zero-order valence-corrected chi connectivity index (χ0v) is 14.6. The summed E-state index contributed by atoms with van der Waals surface area (Å²) in [7, 11) is 0. The van der Waals surface area contributed by atoms with E-state index in [2.05, 4.69) is 17.1 Å². The highest BCUT2D eigenvalue weighted by Crippen LogP contribution is 2.38. The molecule has 0 fully saturated rings. The van der Waals surface area contributed by atoms with Gasteiger partial charge in [-0.3, -0.25) is 0 Å². The number of carbonyl (C=O) groups is 1. The second kappa shape index (κ2) is 6.11. The lowest BCUT2D eigenvalue weighted by molar-refractivity contribution is 0.0531. The van der Waals surface area contributed by atoms with Crippen molar-refractivity contribution in [2.75, 3.05) is 6.61 Å². The van der Waals surface area contributed by atoms with Gasteiger partial charge in [-0.1, -0.05) is 6.07 Å². The Morgan fingerprint density at radius 1 is 1.30 bits per heavy atom. The van der Waals surface area contributed by atoms with Crippen molar-refractivity contribution in [2.45, 2.75) is 20.8 Å². The van der Waals surface area contributed by atoms with E-state index in [-0.39, 0.29) is 5.97 Å². The molecule has 3 rings (SSSR count). The predicted octanol–water partition coefficient (Wildman–Crippen LogP) is 4.69. The maximum atomic E-state index is 11.9. The highest BCUT2D eigenvalue weighted by molar-refractivity contribution is 7.26. The van der Waals surface area contributed by atoms with Crippen LogP contribution in [0.2, 0.25) is 0 Å². The standard InChI is InChI=1S/C17H14N2O2S2/c1-4-21-17(20)14-10(3)19-16(23-14)13-7-11-5-9(2)6-12(8-18)15(11)22-13/h5-7H,4H2,1-3H3. The van der Waals surface area contributed by atoms with Gasteiger partial charge in [0.2, 0.25) is 0 Å². The van der Waals surface area contributed by atoms with Crippen LogP contribution in [0.1, 0.15) is 33.4 Å². The van der Waals surface area contributed by atoms with E-state index in [1.807, 2.05) is 26.0 Å². The van der Waals surface area contributed by atoms with Crippen molar-refractivity contribution < 1.29 is 9.53 Å². The van der Waals surface area contributed by atoms with Crippen molar-refractivity contribution >= 4 is 38.7 Å². The van der Waals surface area contributed by atoms with Gasteiger partial charge in [-0.2, -0.15) is 5.26 Å². The number of hydrogen-bond acceptors (Lipinski definition) is 6. The summed E-state index contributed by atoms with van der Waals surface area (Å²) >= 11 is 2.87. The summed E-state index contributed by atoms with van der Waals surface area (Å²) in [6.07, 6.45) is 0. The smallest absolute Gasteiger partial charge is 0.350 e. The summed E-state index contributed by atoms with van der Waals surface area (Å²) in [4.78, 5) is 17.9. The fourth-order valence-corrected chi connectivity index (χ4v) is 4.49. The fraction of sp³-hybridized carbons (Fsp3) is 0.235. The Balaban J connectivity index is 2.09. The third-order valence-electron chi connectivity index (χ3n) is 3.35. The van der Waals surface area contributed by atoms with Crippen LogP contribution in [0.4, 0.5) is 0 Å². The number of esters is 1. The van der Waals surface area contributed by atoms with Crippen LogP contribution in [0, 0.1) is 25.2 Å². The molecule has 0 aliphatic heterocycles. The second-order valence-electron chi connectivity index (χ2n) is 5.11. The van der Waals surface area contributed by atoms with Gasteiger partial charge in [0.05, 0.1) is 27.4 Å². The molecule has 0 aliphatic carbocycles. The lowest BCUT2D eigenvalue weighted by Gasteiger charge is -1.97. The maximum absolute atomic E-state index is 11.9. The van der Waals surface area contributed by atoms with Gasteiger partial charge in [-0.25, -0.2) is 9.78 Å². The van der Waals surface area contributed by atoms with Crippen LogP contribution in [-0.4, -0.2) is 17.6 Å². The molecule has 0 N–H and O–H groups in total. The van der Waals surface area contributed by atoms with Crippen molar-refractivity contribution in [3.8, 4) is 16.0 Å². The second-order valence-corrected chi connectivity index (χ2v) is 7.16. The number of rotatable bonds is 3. The highest BCUT2D eigenvalue weighted by Gasteiger charge is 2.19. The lowest BCUT2D eigenvalue weighted by atomic mass is 10.1. The number of thiazole rings is 1. The Labute approximate surface area is 142 Å². The minimum absolute atomic E-state index is 0.330. The molecule has 3 aromatic rings. The van der Waals surface area contributed by atoms with E-state index in [4.69, 9.17) is 4.74 Å². The van der Waals surface area contributed by atoms with E-state index in [0.29, 0.717) is 22.7 Å². The minimum Gasteiger partial charge on any atom is -0.462 e. The van der Waals surface area contributed by atoms with E-state index in [1.165, 1.54) is 22.7 Å². The van der Waals surface area contributed by atoms with Gasteiger partial charge in [0.1, 0.15) is 16.0 Å². The molecule has 0 saturated heterocycles. The number of ether oxygens (including phenoxy) is 1. The summed E-state index contributed by atoms with van der Waals surface area (Å²) in [5.74, 6) is -0.330. The highest BCUT2D eigenvalue weighted by atomic mass is 32.1. The van der Waals surface area contributed by atoms with Gasteiger partial charge < -0.3 is 4.74 Å². The van der Waals surface area contributed by atoms with Crippen molar-refractivity contribution in [3.05, 3.63) is 39.9 Å². The fourth-order valence-electron chi connectivity index (χ4n) is 2.38. The summed E-state index contributed by atoms with van der Waals surface area (Å²) in [5, 5.41) is 11.1. The number of thiophene rings is 1. The summed E-state index contributed by atoms with van der Waals surface area (Å²) in [6, 6.07) is 8.22. The number of fused-ring (bicyclic) bond motifs is 1. The number of hydrogen-bond donors (Lipinski definition) is 0. The van der Waals surface area contributed by atoms with Crippen LogP contribution in [0.15, 0.2) is 18.2 Å². The molecule has 0 bridgehead atoms. The Kier molecular flexibility index (Phi) is 4.16. The number of aryl methyl sites for hydroxylation is 2. The molecule has 0 atom stereocenters. The number of carbonyl (C=O) groups excluding carboxylic acids is 1. The van der Waals surface area contributed by atoms with Crippen molar-refractivity contribution in [2.24, 2.45) is 0 Å². The van der Waals surface area contributed by atoms with Crippen molar-refractivity contribution in [3.63, 3.8) is 0 Å². The molecule has 116 valence electrons. The summed E-state index contributed by atoms with van der Waals surface area (Å²) in [5.41, 5.74) is 2.41. The molecule has 0 amide bonds. The molecule has 6 heteroatoms. The average Bonchev–Trinajstić information content (AvgIpc) is 3.09. The monoisotopic (exact) mass is 342 g/mol. The molecule has 2 heterocycles. The zero-order valence-electron chi connectivity index (χ0n) is 13.0. The SMILES string of the molecule is CCOC(=O)c1sc(-c2cc3cc(C)cc(C#N)c3s2)nc1C. The third kappa shape index (κ3) is 2.85. The Bertz CT molecular complexity index is 948. The number of nitriles is 1. The first-order valence-electron chi connectivity index (χ1n) is 7.12. The van der Waals surface area contributed by atoms with Gasteiger partial charge in [-0.15, -0.1) is 22.7 Å². The van der Waals surface area contributed by atoms with Gasteiger partial charge >= 0.3 is 5.97 Å². The molecule has 0 spiro atoms. The van der Waals surface area contributed by atoms with E-state index in [1.54, 1.807) is 6.92 Å². The predicted molar refractivity (Wildman–Crippen MR) is 93.1 cm³/mol. The first kappa shape index (κ1) is 15.7. The Hall–Kier alpha value is -2.23. The zero-order chi connectivity index (χ0) is 16.6. The van der Waals surface area contributed by atoms with Gasteiger partial charge in [-0.05, 0) is 43.9 Å². The molecule has 4 nitrogen and oxygen atoms in total. The number of nitrogens with zero attached hydrogens (tertiary/aromatic N) is 2. The van der Waals surface area contributed by atoms with Crippen LogP contribution in [0.5, 0.6) is 0 Å². The maximum Gasteiger partial charge on any atom is 0.350 e. The minimum atomic E-state index is -0.330. The van der Waals surface area contributed by atoms with Crippen molar-refractivity contribution in [1.29, 1.82) is 5.26 Å². The Morgan fingerprint density at radius 3 is 2.78 bits per heavy atom. The van der Waals surface area contributed by atoms with Gasteiger partial charge in [0, 0.05) is 0 Å². The molecule has 2 aromatic heterocycles. The van der Waals surface area contributed by atoms with Gasteiger partial charge in [0.15, 0.2) is 0 Å². The first-order chi connectivity index (χ1) is 11.0. The normalized spacial score (nSPS) is 10.7. The number of aromatic nitrogens is 1. The topological polar surface area (TPSA) is 63.0 Å². The summed E-state index contributed by atoms with van der Waals surface area (Å²) in [6.45, 7) is 5.92. The number of benzene rings is 1. The summed E-state index contributed by atoms with van der Waals surface area (Å²) < 4.78 is 6.02. The average molecular weight is 342 g/mol. The van der Waals surface area contributed by atoms with E-state index in [9.17, 15) is 10.1 Å². The quantitative estimate of drug-likeness (QED) is 0.648. The molecular formula is C17H14N2O2S2. The molecule has 23 heavy (non-hydrogen) atoms. The van der Waals surface area contributed by atoms with E-state index in [0.717, 1.165) is 25.5 Å². The van der Waals surface area contributed by atoms with Crippen LogP contribution < -0.4 is 0 Å². The van der Waals surface area contributed by atoms with E-state index < -0.39 is 0 Å². The largest absolute Gasteiger partial charge is 0.462 e. The Morgan fingerprint density at radius 2 is 2.09 bits per heavy atom. The molecule has 1 aromatic carbocycles. The van der Waals surface area contributed by atoms with E-state index >= 15 is 0 Å². The third-order valence-corrected chi connectivity index (χ3v) is 5.84. The first-order valence-corrected chi connectivity index (χ1v) is 8.76. The molecular weight excluding hydrogens is 328 g/mol. The molecule has 0 aliphatic rings. The van der Waals surface area contributed by atoms with Crippen LogP contribution in [0.3, 0.4) is 0 Å². The molecule has 0 radical (unpaired) electrons. The van der Waals surface area contributed by atoms with Crippen LogP contribution in [0.25, 0.3) is 20.0 Å². The molecule has 0 saturated carbocycles. The van der Waals surface area contributed by atoms with Crippen LogP contribution in [-0.2, 0) is 4.74 Å². The van der Waals surface area contributed by atoms with Crippen molar-refractivity contribution in [1.82, 2.24) is 4.98 Å². The molecule has 0 unspecified atom stereocenters.